The predicted octanol–water partition coefficient (Wildman–Crippen LogP) is 13.5. The van der Waals surface area contributed by atoms with Crippen LogP contribution in [-0.4, -0.2) is 49.3 Å². The zero-order valence-electron chi connectivity index (χ0n) is 36.6. The second kappa shape index (κ2) is 43.5. The Bertz CT molecular complexity index is 1080. The zero-order valence-corrected chi connectivity index (χ0v) is 37.5. The fraction of sp³-hybridized carbons (Fsp3) is 0.787. The normalized spacial score (nSPS) is 13.7. The Morgan fingerprint density at radius 1 is 0.544 bits per heavy atom. The largest absolute Gasteiger partial charge is 0.472 e. The van der Waals surface area contributed by atoms with Gasteiger partial charge in [0.15, 0.2) is 6.10 Å². The number of rotatable bonds is 43. The molecule has 0 bridgehead atoms. The first kappa shape index (κ1) is 55.0. The summed E-state index contributed by atoms with van der Waals surface area (Å²) in [6.07, 6.45) is 50.1. The third-order valence-electron chi connectivity index (χ3n) is 9.73. The number of carbonyl (C=O) groups excluding carboxylic acids is 2. The fourth-order valence-corrected chi connectivity index (χ4v) is 7.10. The van der Waals surface area contributed by atoms with E-state index in [1.807, 2.05) is 0 Å². The van der Waals surface area contributed by atoms with Gasteiger partial charge in [-0.2, -0.15) is 0 Å². The van der Waals surface area contributed by atoms with Gasteiger partial charge in [0.05, 0.1) is 13.2 Å². The molecule has 0 aliphatic heterocycles. The van der Waals surface area contributed by atoms with E-state index in [-0.39, 0.29) is 32.6 Å². The third-order valence-corrected chi connectivity index (χ3v) is 10.7. The van der Waals surface area contributed by atoms with Gasteiger partial charge in [-0.15, -0.1) is 0 Å². The maximum Gasteiger partial charge on any atom is 0.472 e. The lowest BCUT2D eigenvalue weighted by Crippen LogP contribution is -2.29. The Labute approximate surface area is 349 Å². The van der Waals surface area contributed by atoms with Crippen molar-refractivity contribution in [2.75, 3.05) is 26.4 Å². The lowest BCUT2D eigenvalue weighted by atomic mass is 10.0. The van der Waals surface area contributed by atoms with Crippen LogP contribution in [-0.2, 0) is 32.7 Å². The fourth-order valence-electron chi connectivity index (χ4n) is 6.33. The lowest BCUT2D eigenvalue weighted by molar-refractivity contribution is -0.161. The summed E-state index contributed by atoms with van der Waals surface area (Å²) >= 11 is 0. The van der Waals surface area contributed by atoms with Gasteiger partial charge in [-0.1, -0.05) is 191 Å². The van der Waals surface area contributed by atoms with Crippen molar-refractivity contribution in [2.24, 2.45) is 5.73 Å². The van der Waals surface area contributed by atoms with Gasteiger partial charge in [0.1, 0.15) is 6.61 Å². The number of nitrogens with two attached hydrogens (primary N) is 1. The number of hydrogen-bond donors (Lipinski definition) is 2. The second-order valence-corrected chi connectivity index (χ2v) is 16.7. The van der Waals surface area contributed by atoms with Crippen molar-refractivity contribution in [1.29, 1.82) is 0 Å². The summed E-state index contributed by atoms with van der Waals surface area (Å²) in [5, 5.41) is 0. The Morgan fingerprint density at radius 3 is 1.44 bits per heavy atom. The standard InChI is InChI=1S/C47H86NO8P/c1-3-5-7-9-11-13-15-17-19-20-21-22-23-24-26-27-29-31-33-35-37-39-46(49)53-43-45(44-55-57(51,52)54-42-41-48)56-47(50)40-38-36-34-32-30-28-25-18-16-14-12-10-8-6-4-2/h6,8,12,14,18,25,30,32,45H,3-5,7,9-11,13,15-17,19-24,26-29,31,33-44,48H2,1-2H3,(H,51,52)/b8-6-,14-12-,25-18-,32-30-. The first-order valence-corrected chi connectivity index (χ1v) is 24.6. The van der Waals surface area contributed by atoms with Crippen LogP contribution in [0.4, 0.5) is 0 Å². The summed E-state index contributed by atoms with van der Waals surface area (Å²) in [4.78, 5) is 34.9. The van der Waals surface area contributed by atoms with Crippen LogP contribution in [0.5, 0.6) is 0 Å². The molecule has 0 aromatic carbocycles. The number of phosphoric ester groups is 1. The van der Waals surface area contributed by atoms with Gasteiger partial charge < -0.3 is 20.1 Å². The molecule has 0 aliphatic carbocycles. The monoisotopic (exact) mass is 824 g/mol. The highest BCUT2D eigenvalue weighted by molar-refractivity contribution is 7.47. The van der Waals surface area contributed by atoms with Crippen LogP contribution in [0.15, 0.2) is 48.6 Å². The summed E-state index contributed by atoms with van der Waals surface area (Å²) in [6, 6.07) is 0. The van der Waals surface area contributed by atoms with Gasteiger partial charge in [0.25, 0.3) is 0 Å². The number of phosphoric acid groups is 1. The number of hydrogen-bond acceptors (Lipinski definition) is 8. The molecule has 0 amide bonds. The summed E-state index contributed by atoms with van der Waals surface area (Å²) in [5.74, 6) is -0.872. The van der Waals surface area contributed by atoms with E-state index in [0.717, 1.165) is 57.8 Å². The van der Waals surface area contributed by atoms with Crippen LogP contribution >= 0.6 is 7.82 Å². The second-order valence-electron chi connectivity index (χ2n) is 15.2. The predicted molar refractivity (Wildman–Crippen MR) is 238 cm³/mol. The molecular formula is C47H86NO8P. The SMILES string of the molecule is CC/C=C\C/C=C\C/C=C\C/C=C\CCCCC(=O)OC(COC(=O)CCCCCCCCCCCCCCCCCCCCCCC)COP(=O)(O)OCCN. The van der Waals surface area contributed by atoms with E-state index in [2.05, 4.69) is 62.5 Å². The van der Waals surface area contributed by atoms with Crippen molar-refractivity contribution < 1.29 is 37.6 Å². The number of esters is 2. The number of ether oxygens (including phenoxy) is 2. The van der Waals surface area contributed by atoms with E-state index in [1.165, 1.54) is 116 Å². The highest BCUT2D eigenvalue weighted by Gasteiger charge is 2.26. The molecule has 0 aliphatic rings. The molecule has 0 radical (unpaired) electrons. The molecule has 0 saturated heterocycles. The van der Waals surface area contributed by atoms with Crippen LogP contribution < -0.4 is 5.73 Å². The molecule has 0 aromatic heterocycles. The molecule has 0 saturated carbocycles. The van der Waals surface area contributed by atoms with Gasteiger partial charge in [-0.05, 0) is 51.4 Å². The van der Waals surface area contributed by atoms with E-state index in [1.54, 1.807) is 0 Å². The van der Waals surface area contributed by atoms with Crippen LogP contribution in [0.3, 0.4) is 0 Å². The third kappa shape index (κ3) is 43.4. The van der Waals surface area contributed by atoms with Crippen molar-refractivity contribution in [3.63, 3.8) is 0 Å². The summed E-state index contributed by atoms with van der Waals surface area (Å²) < 4.78 is 32.8. The zero-order chi connectivity index (χ0) is 41.8. The maximum absolute atomic E-state index is 12.6. The highest BCUT2D eigenvalue weighted by atomic mass is 31.2. The average Bonchev–Trinajstić information content (AvgIpc) is 3.20. The van der Waals surface area contributed by atoms with Gasteiger partial charge >= 0.3 is 19.8 Å². The number of unbranched alkanes of at least 4 members (excludes halogenated alkanes) is 22. The molecule has 3 N–H and O–H groups in total. The first-order valence-electron chi connectivity index (χ1n) is 23.1. The van der Waals surface area contributed by atoms with E-state index in [0.29, 0.717) is 6.42 Å². The van der Waals surface area contributed by atoms with Crippen LogP contribution in [0, 0.1) is 0 Å². The molecule has 332 valence electrons. The highest BCUT2D eigenvalue weighted by Crippen LogP contribution is 2.43. The topological polar surface area (TPSA) is 134 Å². The Kier molecular flexibility index (Phi) is 42.0. The van der Waals surface area contributed by atoms with Gasteiger partial charge in [0, 0.05) is 19.4 Å². The molecule has 0 rings (SSSR count). The van der Waals surface area contributed by atoms with Gasteiger partial charge in [-0.3, -0.25) is 18.6 Å². The van der Waals surface area contributed by atoms with Crippen molar-refractivity contribution in [1.82, 2.24) is 0 Å². The summed E-state index contributed by atoms with van der Waals surface area (Å²) in [6.45, 7) is 3.59. The van der Waals surface area contributed by atoms with E-state index >= 15 is 0 Å². The molecule has 0 aromatic rings. The molecular weight excluding hydrogens is 737 g/mol. The van der Waals surface area contributed by atoms with Crippen LogP contribution in [0.25, 0.3) is 0 Å². The van der Waals surface area contributed by atoms with Crippen LogP contribution in [0.2, 0.25) is 0 Å². The van der Waals surface area contributed by atoms with Gasteiger partial charge in [-0.25, -0.2) is 4.57 Å². The molecule has 2 unspecified atom stereocenters. The average molecular weight is 824 g/mol. The molecule has 57 heavy (non-hydrogen) atoms. The van der Waals surface area contributed by atoms with E-state index < -0.39 is 32.5 Å². The van der Waals surface area contributed by atoms with Crippen molar-refractivity contribution >= 4 is 19.8 Å². The van der Waals surface area contributed by atoms with Crippen LogP contribution in [0.1, 0.15) is 206 Å². The van der Waals surface area contributed by atoms with E-state index in [4.69, 9.17) is 24.3 Å². The Balaban J connectivity index is 4.10. The Hall–Kier alpha value is -2.03. The number of carbonyl (C=O) groups is 2. The van der Waals surface area contributed by atoms with E-state index in [9.17, 15) is 19.0 Å². The van der Waals surface area contributed by atoms with Gasteiger partial charge in [0.2, 0.25) is 0 Å². The number of allylic oxidation sites excluding steroid dienone is 8. The maximum atomic E-state index is 12.6. The first-order chi connectivity index (χ1) is 27.8. The smallest absolute Gasteiger partial charge is 0.462 e. The van der Waals surface area contributed by atoms with Crippen molar-refractivity contribution in [3.8, 4) is 0 Å². The molecule has 0 heterocycles. The summed E-state index contributed by atoms with van der Waals surface area (Å²) in [5.41, 5.74) is 5.35. The molecule has 0 fully saturated rings. The van der Waals surface area contributed by atoms with Crippen molar-refractivity contribution in [2.45, 2.75) is 213 Å². The molecule has 2 atom stereocenters. The molecule has 9 nitrogen and oxygen atoms in total. The minimum Gasteiger partial charge on any atom is -0.462 e. The molecule has 10 heteroatoms. The quantitative estimate of drug-likeness (QED) is 0.0267. The summed E-state index contributed by atoms with van der Waals surface area (Å²) in [7, 11) is -4.39. The Morgan fingerprint density at radius 2 is 0.965 bits per heavy atom. The minimum atomic E-state index is -4.39. The molecule has 0 spiro atoms. The lowest BCUT2D eigenvalue weighted by Gasteiger charge is -2.19. The van der Waals surface area contributed by atoms with Crippen molar-refractivity contribution in [3.05, 3.63) is 48.6 Å². The minimum absolute atomic E-state index is 0.0460.